The minimum Gasteiger partial charge on any atom is -0.337 e. The van der Waals surface area contributed by atoms with Crippen LogP contribution in [-0.4, -0.2) is 48.2 Å². The van der Waals surface area contributed by atoms with Crippen LogP contribution in [-0.2, 0) is 9.74 Å². The first kappa shape index (κ1) is 28.6. The van der Waals surface area contributed by atoms with Crippen molar-refractivity contribution in [3.8, 4) is 11.3 Å². The van der Waals surface area contributed by atoms with Gasteiger partial charge >= 0.3 is 5.97 Å². The standard InChI is InChI=1S/C16H15N5.C7H14FNO2.C2H6/c1-3-13-16(17-2)21-15(20-13)12-6-7-14(19-10-12)11-5-4-8-18-9-11;1-7(2,4-5-9-3)6(10)11-8;1-2/h3-10H,1-2H3,(H,17,20,21);9H,4-5H2,1-3H3;1-2H3/b13-3+;;. The van der Waals surface area contributed by atoms with Gasteiger partial charge in [0.2, 0.25) is 0 Å². The van der Waals surface area contributed by atoms with Gasteiger partial charge in [0, 0.05) is 41.3 Å². The number of halogens is 1. The summed E-state index contributed by atoms with van der Waals surface area (Å²) in [5, 5.41) is 6.12. The van der Waals surface area contributed by atoms with Crippen LogP contribution in [0.2, 0.25) is 0 Å². The molecule has 0 bridgehead atoms. The minimum absolute atomic E-state index is 0.562. The molecule has 0 fully saturated rings. The van der Waals surface area contributed by atoms with Crippen LogP contribution in [0.4, 0.5) is 4.53 Å². The second-order valence-corrected chi connectivity index (χ2v) is 7.61. The van der Waals surface area contributed by atoms with E-state index in [0.29, 0.717) is 18.8 Å². The van der Waals surface area contributed by atoms with Crippen LogP contribution in [0.5, 0.6) is 0 Å². The summed E-state index contributed by atoms with van der Waals surface area (Å²) in [6, 6.07) is 7.84. The smallest absolute Gasteiger partial charge is 0.337 e. The lowest BCUT2D eigenvalue weighted by atomic mass is 9.90. The van der Waals surface area contributed by atoms with E-state index in [4.69, 9.17) is 0 Å². The Bertz CT molecular complexity index is 986. The number of allylic oxidation sites excluding steroid dienone is 1. The van der Waals surface area contributed by atoms with Crippen molar-refractivity contribution in [2.75, 3.05) is 20.6 Å². The number of rotatable bonds is 6. The first-order valence-corrected chi connectivity index (χ1v) is 11.2. The van der Waals surface area contributed by atoms with Crippen molar-refractivity contribution < 1.29 is 14.3 Å². The lowest BCUT2D eigenvalue weighted by molar-refractivity contribution is -0.195. The Hall–Kier alpha value is -3.46. The molecule has 3 heterocycles. The van der Waals surface area contributed by atoms with Gasteiger partial charge in [0.25, 0.3) is 0 Å². The molecule has 8 nitrogen and oxygen atoms in total. The molecule has 0 aliphatic carbocycles. The molecule has 2 aromatic heterocycles. The second-order valence-electron chi connectivity index (χ2n) is 7.61. The van der Waals surface area contributed by atoms with Crippen LogP contribution >= 0.6 is 0 Å². The summed E-state index contributed by atoms with van der Waals surface area (Å²) < 4.78 is 11.4. The third-order valence-corrected chi connectivity index (χ3v) is 4.83. The summed E-state index contributed by atoms with van der Waals surface area (Å²) in [6.45, 7) is 9.91. The lowest BCUT2D eigenvalue weighted by Crippen LogP contribution is -2.28. The van der Waals surface area contributed by atoms with Crippen molar-refractivity contribution in [1.29, 1.82) is 0 Å². The number of carbonyl (C=O) groups is 1. The Morgan fingerprint density at radius 1 is 1.24 bits per heavy atom. The molecular formula is C25H35FN6O2. The van der Waals surface area contributed by atoms with Crippen molar-refractivity contribution in [3.63, 3.8) is 0 Å². The molecule has 184 valence electrons. The van der Waals surface area contributed by atoms with E-state index >= 15 is 0 Å². The fraction of sp³-hybridized carbons (Fsp3) is 0.400. The highest BCUT2D eigenvalue weighted by Crippen LogP contribution is 2.21. The molecule has 2 aromatic rings. The van der Waals surface area contributed by atoms with Gasteiger partial charge in [0.05, 0.1) is 16.8 Å². The molecule has 0 spiro atoms. The zero-order valence-corrected chi connectivity index (χ0v) is 21.0. The molecule has 0 atom stereocenters. The number of nitrogens with zero attached hydrogens (tertiary/aromatic N) is 4. The zero-order valence-electron chi connectivity index (χ0n) is 21.0. The number of nitrogens with one attached hydrogen (secondary N) is 2. The van der Waals surface area contributed by atoms with E-state index in [2.05, 4.69) is 35.5 Å². The highest BCUT2D eigenvalue weighted by Gasteiger charge is 2.29. The molecule has 9 heteroatoms. The highest BCUT2D eigenvalue weighted by molar-refractivity contribution is 6.18. The SMILES string of the molecule is C/C=C1/NC(c2ccc(-c3cccnc3)nc2)=NC1=NC.CC.CNCCC(C)(C)C(=O)OF. The van der Waals surface area contributed by atoms with Crippen LogP contribution < -0.4 is 10.6 Å². The van der Waals surface area contributed by atoms with E-state index in [-0.39, 0.29) is 0 Å². The predicted octanol–water partition coefficient (Wildman–Crippen LogP) is 4.50. The number of pyridine rings is 2. The van der Waals surface area contributed by atoms with Crippen LogP contribution in [0.3, 0.4) is 0 Å². The Kier molecular flexibility index (Phi) is 12.3. The monoisotopic (exact) mass is 470 g/mol. The van der Waals surface area contributed by atoms with E-state index in [0.717, 1.165) is 28.4 Å². The van der Waals surface area contributed by atoms with E-state index in [1.165, 1.54) is 0 Å². The van der Waals surface area contributed by atoms with E-state index in [1.807, 2.05) is 51.1 Å². The molecule has 0 aromatic carbocycles. The summed E-state index contributed by atoms with van der Waals surface area (Å²) in [5.41, 5.74) is 3.00. The van der Waals surface area contributed by atoms with Gasteiger partial charge < -0.3 is 10.6 Å². The minimum atomic E-state index is -0.812. The Labute approximate surface area is 201 Å². The largest absolute Gasteiger partial charge is 0.354 e. The summed E-state index contributed by atoms with van der Waals surface area (Å²) in [6.07, 6.45) is 7.87. The molecule has 0 radical (unpaired) electrons. The first-order chi connectivity index (χ1) is 16.4. The molecule has 2 N–H and O–H groups in total. The normalized spacial score (nSPS) is 14.9. The molecule has 1 aliphatic rings. The maximum atomic E-state index is 11.4. The quantitative estimate of drug-likeness (QED) is 0.645. The molecule has 3 rings (SSSR count). The van der Waals surface area contributed by atoms with Crippen molar-refractivity contribution >= 4 is 17.6 Å². The van der Waals surface area contributed by atoms with Gasteiger partial charge in [-0.3, -0.25) is 19.9 Å². The number of hydrogen-bond acceptors (Lipinski definition) is 7. The van der Waals surface area contributed by atoms with Crippen molar-refractivity contribution in [1.82, 2.24) is 20.6 Å². The van der Waals surface area contributed by atoms with E-state index in [9.17, 15) is 9.32 Å². The number of aromatic nitrogens is 2. The topological polar surface area (TPSA) is 101 Å². The average Bonchev–Trinajstić information content (AvgIpc) is 3.33. The molecular weight excluding hydrogens is 435 g/mol. The highest BCUT2D eigenvalue weighted by atomic mass is 19.3. The van der Waals surface area contributed by atoms with Gasteiger partial charge in [-0.2, -0.15) is 0 Å². The summed E-state index contributed by atoms with van der Waals surface area (Å²) >= 11 is 0. The van der Waals surface area contributed by atoms with Crippen LogP contribution in [0, 0.1) is 5.41 Å². The predicted molar refractivity (Wildman–Crippen MR) is 135 cm³/mol. The molecule has 0 saturated carbocycles. The van der Waals surface area contributed by atoms with Crippen molar-refractivity contribution in [3.05, 3.63) is 60.2 Å². The molecule has 0 unspecified atom stereocenters. The molecule has 0 amide bonds. The summed E-state index contributed by atoms with van der Waals surface area (Å²) in [5.74, 6) is 0.672. The number of hydrogen-bond donors (Lipinski definition) is 2. The summed E-state index contributed by atoms with van der Waals surface area (Å²) in [7, 11) is 3.51. The van der Waals surface area contributed by atoms with Gasteiger partial charge in [0.15, 0.2) is 5.84 Å². The van der Waals surface area contributed by atoms with Crippen LogP contribution in [0.15, 0.2) is 64.6 Å². The van der Waals surface area contributed by atoms with Gasteiger partial charge in [-0.15, -0.1) is 0 Å². The zero-order chi connectivity index (χ0) is 25.6. The van der Waals surface area contributed by atoms with Gasteiger partial charge in [0.1, 0.15) is 5.84 Å². The fourth-order valence-electron chi connectivity index (χ4n) is 2.75. The molecule has 34 heavy (non-hydrogen) atoms. The molecule has 1 aliphatic heterocycles. The Morgan fingerprint density at radius 3 is 2.44 bits per heavy atom. The van der Waals surface area contributed by atoms with E-state index in [1.54, 1.807) is 46.5 Å². The van der Waals surface area contributed by atoms with Crippen LogP contribution in [0.1, 0.15) is 46.6 Å². The average molecular weight is 471 g/mol. The first-order valence-electron chi connectivity index (χ1n) is 11.2. The Balaban J connectivity index is 0.000000380. The third kappa shape index (κ3) is 8.15. The van der Waals surface area contributed by atoms with Gasteiger partial charge in [-0.1, -0.05) is 19.9 Å². The third-order valence-electron chi connectivity index (χ3n) is 4.83. The van der Waals surface area contributed by atoms with Crippen molar-refractivity contribution in [2.24, 2.45) is 15.4 Å². The summed E-state index contributed by atoms with van der Waals surface area (Å²) in [4.78, 5) is 31.1. The Morgan fingerprint density at radius 2 is 1.97 bits per heavy atom. The van der Waals surface area contributed by atoms with E-state index < -0.39 is 11.4 Å². The van der Waals surface area contributed by atoms with Gasteiger partial charge in [-0.05, 0) is 65.0 Å². The maximum absolute atomic E-state index is 11.4. The number of amidine groups is 2. The second kappa shape index (κ2) is 14.6. The van der Waals surface area contributed by atoms with Crippen molar-refractivity contribution in [2.45, 2.75) is 41.0 Å². The fourth-order valence-corrected chi connectivity index (χ4v) is 2.75. The number of aliphatic imine (C=N–C) groups is 2. The molecule has 0 saturated heterocycles. The number of carbonyl (C=O) groups excluding carboxylic acids is 1. The maximum Gasteiger partial charge on any atom is 0.354 e. The lowest BCUT2D eigenvalue weighted by Gasteiger charge is -2.18. The van der Waals surface area contributed by atoms with Gasteiger partial charge in [-0.25, -0.2) is 9.79 Å². The van der Waals surface area contributed by atoms with Crippen LogP contribution in [0.25, 0.3) is 11.3 Å².